The summed E-state index contributed by atoms with van der Waals surface area (Å²) in [6, 6.07) is 28.0. The quantitative estimate of drug-likeness (QED) is 0.0964. The molecule has 14 heteroatoms. The van der Waals surface area contributed by atoms with Crippen LogP contribution in [0.25, 0.3) is 22.3 Å². The van der Waals surface area contributed by atoms with Crippen LogP contribution in [0.4, 0.5) is 20.2 Å². The molecule has 6 rings (SSSR count). The van der Waals surface area contributed by atoms with Gasteiger partial charge in [0.15, 0.2) is 0 Å². The summed E-state index contributed by atoms with van der Waals surface area (Å²) in [6.07, 6.45) is 1.57. The Labute approximate surface area is 401 Å². The van der Waals surface area contributed by atoms with E-state index in [2.05, 4.69) is 38.3 Å². The maximum absolute atomic E-state index is 14.2. The van der Waals surface area contributed by atoms with E-state index < -0.39 is 23.4 Å². The molecule has 0 atom stereocenters. The summed E-state index contributed by atoms with van der Waals surface area (Å²) in [5, 5.41) is 5.81. The lowest BCUT2D eigenvalue weighted by Crippen LogP contribution is -2.18. The lowest BCUT2D eigenvalue weighted by Gasteiger charge is -2.21. The molecule has 0 radical (unpaired) electrons. The lowest BCUT2D eigenvalue weighted by atomic mass is 9.92. The van der Waals surface area contributed by atoms with Crippen LogP contribution in [0.5, 0.6) is 0 Å². The Kier molecular flexibility index (Phi) is 23.3. The van der Waals surface area contributed by atoms with E-state index in [1.165, 1.54) is 24.3 Å². The predicted molar refractivity (Wildman–Crippen MR) is 269 cm³/mol. The van der Waals surface area contributed by atoms with E-state index in [-0.39, 0.29) is 60.8 Å². The third-order valence-corrected chi connectivity index (χ3v) is 10.1. The number of nitrogens with one attached hydrogen (secondary N) is 2. The van der Waals surface area contributed by atoms with Crippen molar-refractivity contribution in [2.75, 3.05) is 10.6 Å². The van der Waals surface area contributed by atoms with E-state index in [1.807, 2.05) is 76.2 Å². The fourth-order valence-corrected chi connectivity index (χ4v) is 7.19. The number of pyridine rings is 2. The van der Waals surface area contributed by atoms with Gasteiger partial charge in [-0.2, -0.15) is 0 Å². The van der Waals surface area contributed by atoms with Gasteiger partial charge in [-0.3, -0.25) is 19.6 Å². The molecule has 6 aromatic rings. The van der Waals surface area contributed by atoms with Crippen molar-refractivity contribution in [2.45, 2.75) is 81.3 Å². The number of carbonyl (C=O) groups is 2. The average molecular weight is 957 g/mol. The van der Waals surface area contributed by atoms with E-state index in [9.17, 15) is 18.4 Å². The van der Waals surface area contributed by atoms with Crippen molar-refractivity contribution in [3.8, 4) is 22.3 Å². The highest BCUT2D eigenvalue weighted by atomic mass is 35.5. The zero-order chi connectivity index (χ0) is 43.7. The van der Waals surface area contributed by atoms with Gasteiger partial charge in [-0.1, -0.05) is 112 Å². The fourth-order valence-electron chi connectivity index (χ4n) is 7.19. The molecule has 4 aromatic carbocycles. The molecule has 0 aliphatic carbocycles. The molecule has 2 heterocycles. The molecule has 2 aromatic heterocycles. The molecule has 0 aliphatic heterocycles. The second-order valence-electron chi connectivity index (χ2n) is 15.9. The zero-order valence-corrected chi connectivity index (χ0v) is 40.7. The standard InChI is InChI=1S/2C25H28FN3O.4ClH/c2*1-15(2)13-22-20(14-27)23(18-11-9-16(3)10-12-18)24(17(4)28-22)29-25(30)19-7-5-6-8-21(19)26;;;;/h2*5-12,15H,13-14,27H2,1-4H3,(H,29,30);4*1H. The van der Waals surface area contributed by atoms with Crippen LogP contribution in [-0.4, -0.2) is 21.8 Å². The molecular formula is C50H60Cl4F2N6O2. The van der Waals surface area contributed by atoms with Crippen LogP contribution in [0.2, 0.25) is 0 Å². The topological polar surface area (TPSA) is 136 Å². The van der Waals surface area contributed by atoms with Crippen molar-refractivity contribution in [3.63, 3.8) is 0 Å². The highest BCUT2D eigenvalue weighted by Crippen LogP contribution is 2.38. The van der Waals surface area contributed by atoms with Gasteiger partial charge in [0.1, 0.15) is 11.6 Å². The number of hydrogen-bond donors (Lipinski definition) is 4. The molecule has 344 valence electrons. The third-order valence-electron chi connectivity index (χ3n) is 10.1. The fraction of sp³-hybridized carbons (Fsp3) is 0.280. The molecule has 0 saturated heterocycles. The minimum atomic E-state index is -0.562. The Morgan fingerprint density at radius 3 is 1.12 bits per heavy atom. The van der Waals surface area contributed by atoms with Crippen molar-refractivity contribution < 1.29 is 18.4 Å². The van der Waals surface area contributed by atoms with Gasteiger partial charge < -0.3 is 22.1 Å². The summed E-state index contributed by atoms with van der Waals surface area (Å²) < 4.78 is 28.3. The summed E-state index contributed by atoms with van der Waals surface area (Å²) >= 11 is 0. The number of rotatable bonds is 12. The highest BCUT2D eigenvalue weighted by molar-refractivity contribution is 6.08. The van der Waals surface area contributed by atoms with Gasteiger partial charge in [-0.25, -0.2) is 8.78 Å². The first-order chi connectivity index (χ1) is 28.6. The Balaban J connectivity index is 0.000000602. The van der Waals surface area contributed by atoms with Crippen LogP contribution in [0.3, 0.4) is 0 Å². The Bertz CT molecular complexity index is 2310. The molecule has 0 fully saturated rings. The van der Waals surface area contributed by atoms with Crippen molar-refractivity contribution in [3.05, 3.63) is 165 Å². The zero-order valence-electron chi connectivity index (χ0n) is 37.5. The van der Waals surface area contributed by atoms with Crippen molar-refractivity contribution in [2.24, 2.45) is 23.3 Å². The second-order valence-corrected chi connectivity index (χ2v) is 15.9. The number of aryl methyl sites for hydroxylation is 4. The summed E-state index contributed by atoms with van der Waals surface area (Å²) in [7, 11) is 0. The Morgan fingerprint density at radius 1 is 0.531 bits per heavy atom. The van der Waals surface area contributed by atoms with E-state index in [0.29, 0.717) is 47.7 Å². The molecule has 0 saturated carbocycles. The summed E-state index contributed by atoms with van der Waals surface area (Å²) in [6.45, 7) is 16.9. The van der Waals surface area contributed by atoms with E-state index in [1.54, 1.807) is 24.3 Å². The smallest absolute Gasteiger partial charge is 0.258 e. The number of benzene rings is 4. The second kappa shape index (κ2) is 26.1. The first kappa shape index (κ1) is 57.1. The van der Waals surface area contributed by atoms with Gasteiger partial charge in [0, 0.05) is 35.6 Å². The number of carbonyl (C=O) groups excluding carboxylic acids is 2. The monoisotopic (exact) mass is 954 g/mol. The predicted octanol–water partition coefficient (Wildman–Crippen LogP) is 12.5. The lowest BCUT2D eigenvalue weighted by molar-refractivity contribution is 0.101. The molecule has 0 spiro atoms. The number of hydrogen-bond acceptors (Lipinski definition) is 6. The number of nitrogens with zero attached hydrogens (tertiary/aromatic N) is 2. The van der Waals surface area contributed by atoms with Crippen LogP contribution in [0.15, 0.2) is 97.1 Å². The van der Waals surface area contributed by atoms with E-state index in [4.69, 9.17) is 21.4 Å². The van der Waals surface area contributed by atoms with Crippen molar-refractivity contribution >= 4 is 72.8 Å². The number of aromatic nitrogens is 2. The maximum atomic E-state index is 14.2. The SMILES string of the molecule is Cc1ccc(-c2c(CN)c(CC(C)C)nc(C)c2NC(=O)c2ccccc2F)cc1.Cc1ccc(-c2c(CN)c(CC(C)C)nc(C)c2NC(=O)c2ccccc2F)cc1.Cl.Cl.Cl.Cl. The highest BCUT2D eigenvalue weighted by Gasteiger charge is 2.24. The normalized spacial score (nSPS) is 10.3. The number of amides is 2. The Hall–Kier alpha value is -4.94. The minimum absolute atomic E-state index is 0. The molecule has 0 unspecified atom stereocenters. The first-order valence-electron chi connectivity index (χ1n) is 20.3. The van der Waals surface area contributed by atoms with Crippen LogP contribution in [-0.2, 0) is 25.9 Å². The van der Waals surface area contributed by atoms with Gasteiger partial charge >= 0.3 is 0 Å². The van der Waals surface area contributed by atoms with Crippen molar-refractivity contribution in [1.29, 1.82) is 0 Å². The average Bonchev–Trinajstić information content (AvgIpc) is 3.20. The summed E-state index contributed by atoms with van der Waals surface area (Å²) in [5.41, 5.74) is 24.4. The summed E-state index contributed by atoms with van der Waals surface area (Å²) in [4.78, 5) is 35.3. The van der Waals surface area contributed by atoms with Gasteiger partial charge in [0.2, 0.25) is 0 Å². The maximum Gasteiger partial charge on any atom is 0.258 e. The molecule has 8 nitrogen and oxygen atoms in total. The van der Waals surface area contributed by atoms with Crippen LogP contribution in [0, 0.1) is 51.2 Å². The first-order valence-corrected chi connectivity index (χ1v) is 20.3. The van der Waals surface area contributed by atoms with Crippen LogP contribution >= 0.6 is 49.6 Å². The molecule has 0 bridgehead atoms. The van der Waals surface area contributed by atoms with Gasteiger partial charge in [-0.05, 0) is 98.9 Å². The number of halogens is 6. The van der Waals surface area contributed by atoms with Gasteiger partial charge in [0.05, 0.1) is 33.9 Å². The molecular weight excluding hydrogens is 896 g/mol. The largest absolute Gasteiger partial charge is 0.326 e. The molecule has 2 amide bonds. The molecule has 64 heavy (non-hydrogen) atoms. The third kappa shape index (κ3) is 14.0. The van der Waals surface area contributed by atoms with Crippen molar-refractivity contribution in [1.82, 2.24) is 9.97 Å². The Morgan fingerprint density at radius 2 is 0.844 bits per heavy atom. The minimum Gasteiger partial charge on any atom is -0.326 e. The van der Waals surface area contributed by atoms with Crippen LogP contribution < -0.4 is 22.1 Å². The van der Waals surface area contributed by atoms with E-state index in [0.717, 1.165) is 68.7 Å². The van der Waals surface area contributed by atoms with Gasteiger partial charge in [-0.15, -0.1) is 49.6 Å². The summed E-state index contributed by atoms with van der Waals surface area (Å²) in [5.74, 6) is -1.32. The van der Waals surface area contributed by atoms with E-state index >= 15 is 0 Å². The molecule has 0 aliphatic rings. The number of anilines is 2. The van der Waals surface area contributed by atoms with Gasteiger partial charge in [0.25, 0.3) is 11.8 Å². The number of nitrogens with two attached hydrogens (primary N) is 2. The molecule has 6 N–H and O–H groups in total. The van der Waals surface area contributed by atoms with Crippen LogP contribution in [0.1, 0.15) is 93.4 Å².